The van der Waals surface area contributed by atoms with E-state index in [1.54, 1.807) is 6.07 Å². The zero-order chi connectivity index (χ0) is 13.4. The molecule has 0 fully saturated rings. The largest absolute Gasteiger partial charge is 0.485 e. The van der Waals surface area contributed by atoms with Gasteiger partial charge in [0.1, 0.15) is 17.7 Å². The van der Waals surface area contributed by atoms with Crippen LogP contribution < -0.4 is 4.74 Å². The van der Waals surface area contributed by atoms with E-state index in [1.807, 2.05) is 24.3 Å². The van der Waals surface area contributed by atoms with Gasteiger partial charge in [-0.2, -0.15) is 0 Å². The molecule has 0 aromatic heterocycles. The highest BCUT2D eigenvalue weighted by Gasteiger charge is 2.28. The molecule has 2 atom stereocenters. The third-order valence-electron chi connectivity index (χ3n) is 3.29. The first-order valence-corrected chi connectivity index (χ1v) is 6.41. The first-order chi connectivity index (χ1) is 9.15. The van der Waals surface area contributed by atoms with Crippen molar-refractivity contribution in [3.05, 3.63) is 64.4 Å². The summed E-state index contributed by atoms with van der Waals surface area (Å²) in [5.41, 5.74) is 1.47. The van der Waals surface area contributed by atoms with E-state index in [0.717, 1.165) is 5.56 Å². The van der Waals surface area contributed by atoms with E-state index in [-0.39, 0.29) is 11.9 Å². The van der Waals surface area contributed by atoms with Gasteiger partial charge in [-0.05, 0) is 18.2 Å². The number of rotatable bonds is 1. The van der Waals surface area contributed by atoms with Crippen molar-refractivity contribution in [2.45, 2.75) is 18.6 Å². The number of benzene rings is 2. The highest BCUT2D eigenvalue weighted by Crippen LogP contribution is 2.42. The van der Waals surface area contributed by atoms with Crippen molar-refractivity contribution in [3.8, 4) is 5.75 Å². The molecule has 0 saturated carbocycles. The van der Waals surface area contributed by atoms with Gasteiger partial charge in [-0.3, -0.25) is 0 Å². The lowest BCUT2D eigenvalue weighted by atomic mass is 9.95. The molecule has 0 radical (unpaired) electrons. The summed E-state index contributed by atoms with van der Waals surface area (Å²) in [4.78, 5) is 0. The predicted molar refractivity (Wildman–Crippen MR) is 70.8 cm³/mol. The molecule has 1 aliphatic heterocycles. The molecule has 2 nitrogen and oxygen atoms in total. The lowest BCUT2D eigenvalue weighted by molar-refractivity contribution is 0.0658. The molecular weight excluding hydrogens is 267 g/mol. The molecule has 2 aromatic rings. The number of halogens is 2. The third kappa shape index (κ3) is 2.31. The first-order valence-electron chi connectivity index (χ1n) is 6.04. The second-order valence-electron chi connectivity index (χ2n) is 4.56. The van der Waals surface area contributed by atoms with Gasteiger partial charge in [-0.25, -0.2) is 4.39 Å². The Kier molecular flexibility index (Phi) is 3.17. The van der Waals surface area contributed by atoms with E-state index in [9.17, 15) is 9.50 Å². The molecule has 3 rings (SSSR count). The normalized spacial score (nSPS) is 21.6. The average molecular weight is 279 g/mol. The topological polar surface area (TPSA) is 29.5 Å². The third-order valence-corrected chi connectivity index (χ3v) is 3.62. The number of aliphatic hydroxyl groups excluding tert-OH is 1. The minimum atomic E-state index is -0.601. The van der Waals surface area contributed by atoms with Gasteiger partial charge in [0.25, 0.3) is 0 Å². The van der Waals surface area contributed by atoms with Gasteiger partial charge in [0.2, 0.25) is 0 Å². The Balaban J connectivity index is 1.97. The molecule has 0 amide bonds. The standard InChI is InChI=1S/C15H12ClFO2/c16-12-7-9(17)5-6-10(12)15-8-13(18)11-3-1-2-4-14(11)19-15/h1-7,13,15,18H,8H2/t13-,15?/m0/s1. The Morgan fingerprint density at radius 2 is 1.95 bits per heavy atom. The van der Waals surface area contributed by atoms with Gasteiger partial charge in [0.15, 0.2) is 0 Å². The van der Waals surface area contributed by atoms with Crippen LogP contribution >= 0.6 is 11.6 Å². The van der Waals surface area contributed by atoms with Crippen molar-refractivity contribution in [3.63, 3.8) is 0 Å². The van der Waals surface area contributed by atoms with Gasteiger partial charge >= 0.3 is 0 Å². The number of fused-ring (bicyclic) bond motifs is 1. The van der Waals surface area contributed by atoms with Crippen LogP contribution in [-0.4, -0.2) is 5.11 Å². The molecule has 0 saturated heterocycles. The minimum Gasteiger partial charge on any atom is -0.485 e. The number of para-hydroxylation sites is 1. The van der Waals surface area contributed by atoms with Crippen LogP contribution in [0.5, 0.6) is 5.75 Å². The van der Waals surface area contributed by atoms with Crippen LogP contribution in [0.1, 0.15) is 29.8 Å². The molecule has 1 heterocycles. The molecular formula is C15H12ClFO2. The number of hydrogen-bond acceptors (Lipinski definition) is 2. The lowest BCUT2D eigenvalue weighted by Gasteiger charge is -2.30. The maximum Gasteiger partial charge on any atom is 0.128 e. The highest BCUT2D eigenvalue weighted by molar-refractivity contribution is 6.31. The van der Waals surface area contributed by atoms with Gasteiger partial charge in [0, 0.05) is 17.5 Å². The summed E-state index contributed by atoms with van der Waals surface area (Å²) in [5, 5.41) is 10.5. The summed E-state index contributed by atoms with van der Waals surface area (Å²) in [6.07, 6.45) is -0.559. The maximum atomic E-state index is 13.1. The fraction of sp³-hybridized carbons (Fsp3) is 0.200. The van der Waals surface area contributed by atoms with Crippen LogP contribution in [0.4, 0.5) is 4.39 Å². The Morgan fingerprint density at radius 1 is 1.16 bits per heavy atom. The van der Waals surface area contributed by atoms with Crippen molar-refractivity contribution in [1.29, 1.82) is 0 Å². The van der Waals surface area contributed by atoms with Crippen molar-refractivity contribution >= 4 is 11.6 Å². The summed E-state index contributed by atoms with van der Waals surface area (Å²) in [6.45, 7) is 0. The van der Waals surface area contributed by atoms with Crippen molar-refractivity contribution in [1.82, 2.24) is 0 Å². The second-order valence-corrected chi connectivity index (χ2v) is 4.97. The lowest BCUT2D eigenvalue weighted by Crippen LogP contribution is -2.19. The molecule has 0 aliphatic carbocycles. The molecule has 2 aromatic carbocycles. The van der Waals surface area contributed by atoms with E-state index in [4.69, 9.17) is 16.3 Å². The van der Waals surface area contributed by atoms with Crippen LogP contribution in [0.25, 0.3) is 0 Å². The number of aliphatic hydroxyl groups is 1. The SMILES string of the molecule is O[C@H]1CC(c2ccc(F)cc2Cl)Oc2ccccc21. The zero-order valence-electron chi connectivity index (χ0n) is 10.0. The molecule has 1 aliphatic rings. The highest BCUT2D eigenvalue weighted by atomic mass is 35.5. The van der Waals surface area contributed by atoms with Crippen LogP contribution in [0, 0.1) is 5.82 Å². The molecule has 1 N–H and O–H groups in total. The summed E-state index contributed by atoms with van der Waals surface area (Å²) in [7, 11) is 0. The van der Waals surface area contributed by atoms with Gasteiger partial charge in [-0.1, -0.05) is 35.9 Å². The first kappa shape index (κ1) is 12.5. The van der Waals surface area contributed by atoms with E-state index in [2.05, 4.69) is 0 Å². The Labute approximate surface area is 115 Å². The molecule has 98 valence electrons. The second kappa shape index (κ2) is 4.83. The fourth-order valence-corrected chi connectivity index (χ4v) is 2.64. The number of hydrogen-bond donors (Lipinski definition) is 1. The summed E-state index contributed by atoms with van der Waals surface area (Å²) < 4.78 is 18.9. The van der Waals surface area contributed by atoms with Crippen LogP contribution in [0.15, 0.2) is 42.5 Å². The Morgan fingerprint density at radius 3 is 2.74 bits per heavy atom. The molecule has 0 bridgehead atoms. The summed E-state index contributed by atoms with van der Waals surface area (Å²) in [5.74, 6) is 0.261. The van der Waals surface area contributed by atoms with Crippen molar-refractivity contribution < 1.29 is 14.2 Å². The van der Waals surface area contributed by atoms with Gasteiger partial charge in [-0.15, -0.1) is 0 Å². The van der Waals surface area contributed by atoms with Crippen molar-refractivity contribution in [2.24, 2.45) is 0 Å². The molecule has 1 unspecified atom stereocenters. The quantitative estimate of drug-likeness (QED) is 0.853. The Bertz CT molecular complexity index is 615. The number of ether oxygens (including phenoxy) is 1. The molecule has 0 spiro atoms. The van der Waals surface area contributed by atoms with E-state index in [1.165, 1.54) is 12.1 Å². The average Bonchev–Trinajstić information content (AvgIpc) is 2.38. The van der Waals surface area contributed by atoms with Gasteiger partial charge in [0.05, 0.1) is 11.1 Å². The predicted octanol–water partition coefficient (Wildman–Crippen LogP) is 4.04. The molecule has 19 heavy (non-hydrogen) atoms. The smallest absolute Gasteiger partial charge is 0.128 e. The summed E-state index contributed by atoms with van der Waals surface area (Å²) >= 11 is 6.04. The molecule has 4 heteroatoms. The van der Waals surface area contributed by atoms with Crippen LogP contribution in [0.2, 0.25) is 5.02 Å². The van der Waals surface area contributed by atoms with Gasteiger partial charge < -0.3 is 9.84 Å². The van der Waals surface area contributed by atoms with E-state index >= 15 is 0 Å². The monoisotopic (exact) mass is 278 g/mol. The Hall–Kier alpha value is -1.58. The van der Waals surface area contributed by atoms with E-state index in [0.29, 0.717) is 22.8 Å². The van der Waals surface area contributed by atoms with Crippen molar-refractivity contribution in [2.75, 3.05) is 0 Å². The maximum absolute atomic E-state index is 13.1. The zero-order valence-corrected chi connectivity index (χ0v) is 10.8. The van der Waals surface area contributed by atoms with Crippen LogP contribution in [0.3, 0.4) is 0 Å². The van der Waals surface area contributed by atoms with E-state index < -0.39 is 6.10 Å². The fourth-order valence-electron chi connectivity index (χ4n) is 2.35. The minimum absolute atomic E-state index is 0.316. The van der Waals surface area contributed by atoms with Crippen LogP contribution in [-0.2, 0) is 0 Å². The summed E-state index contributed by atoms with van der Waals surface area (Å²) in [6, 6.07) is 11.6.